The molecule has 6 nitrogen and oxygen atoms in total. The molecule has 0 radical (unpaired) electrons. The zero-order valence-corrected chi connectivity index (χ0v) is 17.3. The van der Waals surface area contributed by atoms with E-state index in [9.17, 15) is 22.8 Å². The normalized spacial score (nSPS) is 13.4. The molecule has 0 saturated carbocycles. The van der Waals surface area contributed by atoms with Gasteiger partial charge in [-0.3, -0.25) is 4.79 Å². The number of fused-ring (bicyclic) bond motifs is 3. The number of rotatable bonds is 4. The van der Waals surface area contributed by atoms with Crippen molar-refractivity contribution >= 4 is 28.4 Å². The number of aromatic nitrogens is 1. The number of H-pyrrole nitrogens is 1. The Bertz CT molecular complexity index is 1270. The number of amides is 1. The van der Waals surface area contributed by atoms with Gasteiger partial charge >= 0.3 is 5.97 Å². The van der Waals surface area contributed by atoms with Crippen molar-refractivity contribution in [3.05, 3.63) is 70.8 Å². The van der Waals surface area contributed by atoms with Crippen LogP contribution in [-0.2, 0) is 16.0 Å². The van der Waals surface area contributed by atoms with Gasteiger partial charge in [0, 0.05) is 29.7 Å². The van der Waals surface area contributed by atoms with Crippen LogP contribution in [0.2, 0.25) is 0 Å². The molecule has 1 amide bonds. The quantitative estimate of drug-likeness (QED) is 0.484. The predicted molar refractivity (Wildman–Crippen MR) is 111 cm³/mol. The van der Waals surface area contributed by atoms with Crippen molar-refractivity contribution in [2.75, 3.05) is 20.3 Å². The molecule has 166 valence electrons. The van der Waals surface area contributed by atoms with Crippen molar-refractivity contribution in [2.24, 2.45) is 0 Å². The first-order chi connectivity index (χ1) is 15.3. The Morgan fingerprint density at radius 2 is 1.91 bits per heavy atom. The SMILES string of the molecule is CCOC(=O)C1=CN(C(=O)c2ccc(F)c(F)c2F)CCc2c1[nH]c1cc(OC)ccc21. The zero-order chi connectivity index (χ0) is 23.0. The minimum atomic E-state index is -1.73. The molecule has 32 heavy (non-hydrogen) atoms. The molecule has 0 atom stereocenters. The molecule has 2 heterocycles. The van der Waals surface area contributed by atoms with E-state index in [0.29, 0.717) is 23.9 Å². The molecule has 0 bridgehead atoms. The fourth-order valence-corrected chi connectivity index (χ4v) is 3.74. The molecule has 1 aliphatic heterocycles. The first-order valence-electron chi connectivity index (χ1n) is 9.88. The van der Waals surface area contributed by atoms with Gasteiger partial charge in [0.25, 0.3) is 5.91 Å². The Kier molecular flexibility index (Phi) is 5.65. The summed E-state index contributed by atoms with van der Waals surface area (Å²) in [5.74, 6) is -5.67. The number of methoxy groups -OCH3 is 1. The van der Waals surface area contributed by atoms with E-state index in [1.807, 2.05) is 6.07 Å². The van der Waals surface area contributed by atoms with Crippen molar-refractivity contribution in [2.45, 2.75) is 13.3 Å². The number of aromatic amines is 1. The third-order valence-corrected chi connectivity index (χ3v) is 5.29. The Morgan fingerprint density at radius 1 is 1.12 bits per heavy atom. The molecule has 0 unspecified atom stereocenters. The topological polar surface area (TPSA) is 71.6 Å². The van der Waals surface area contributed by atoms with Gasteiger partial charge in [-0.2, -0.15) is 0 Å². The van der Waals surface area contributed by atoms with Crippen LogP contribution in [0, 0.1) is 17.5 Å². The average Bonchev–Trinajstić information content (AvgIpc) is 3.03. The number of ether oxygens (including phenoxy) is 2. The second-order valence-electron chi connectivity index (χ2n) is 7.12. The number of carbonyl (C=O) groups excluding carboxylic acids is 2. The molecule has 3 aromatic rings. The Balaban J connectivity index is 1.82. The molecule has 0 saturated heterocycles. The number of hydrogen-bond acceptors (Lipinski definition) is 4. The maximum absolute atomic E-state index is 14.2. The summed E-state index contributed by atoms with van der Waals surface area (Å²) in [6, 6.07) is 6.95. The average molecular weight is 444 g/mol. The molecule has 0 spiro atoms. The molecular formula is C23H19F3N2O4. The van der Waals surface area contributed by atoms with Crippen LogP contribution in [0.4, 0.5) is 13.2 Å². The van der Waals surface area contributed by atoms with E-state index in [1.165, 1.54) is 6.20 Å². The van der Waals surface area contributed by atoms with Crippen molar-refractivity contribution < 1.29 is 32.2 Å². The van der Waals surface area contributed by atoms with Crippen LogP contribution in [0.3, 0.4) is 0 Å². The largest absolute Gasteiger partial charge is 0.497 e. The van der Waals surface area contributed by atoms with Crippen LogP contribution in [-0.4, -0.2) is 42.0 Å². The first-order valence-corrected chi connectivity index (χ1v) is 9.88. The van der Waals surface area contributed by atoms with Crippen molar-refractivity contribution in [1.29, 1.82) is 0 Å². The van der Waals surface area contributed by atoms with E-state index in [2.05, 4.69) is 4.98 Å². The number of esters is 1. The lowest BCUT2D eigenvalue weighted by Crippen LogP contribution is -2.29. The van der Waals surface area contributed by atoms with E-state index >= 15 is 0 Å². The summed E-state index contributed by atoms with van der Waals surface area (Å²) >= 11 is 0. The zero-order valence-electron chi connectivity index (χ0n) is 17.3. The van der Waals surface area contributed by atoms with Gasteiger partial charge in [-0.25, -0.2) is 18.0 Å². The van der Waals surface area contributed by atoms with Gasteiger partial charge < -0.3 is 19.4 Å². The van der Waals surface area contributed by atoms with Gasteiger partial charge in [-0.05, 0) is 43.2 Å². The third-order valence-electron chi connectivity index (χ3n) is 5.29. The van der Waals surface area contributed by atoms with E-state index in [4.69, 9.17) is 9.47 Å². The molecule has 1 aliphatic rings. The summed E-state index contributed by atoms with van der Waals surface area (Å²) in [6.07, 6.45) is 1.57. The highest BCUT2D eigenvalue weighted by Gasteiger charge is 2.29. The number of halogens is 3. The fourth-order valence-electron chi connectivity index (χ4n) is 3.74. The molecule has 0 aliphatic carbocycles. The summed E-state index contributed by atoms with van der Waals surface area (Å²) in [7, 11) is 1.54. The van der Waals surface area contributed by atoms with Crippen LogP contribution in [0.1, 0.15) is 28.5 Å². The molecule has 0 fully saturated rings. The Morgan fingerprint density at radius 3 is 2.62 bits per heavy atom. The maximum atomic E-state index is 14.2. The van der Waals surface area contributed by atoms with Crippen molar-refractivity contribution in [1.82, 2.24) is 9.88 Å². The molecule has 1 aromatic heterocycles. The molecule has 9 heteroatoms. The van der Waals surface area contributed by atoms with Crippen LogP contribution >= 0.6 is 0 Å². The van der Waals surface area contributed by atoms with Gasteiger partial charge in [0.05, 0.1) is 30.5 Å². The Labute approximate surface area is 181 Å². The first kappa shape index (κ1) is 21.5. The Hall–Kier alpha value is -3.75. The number of carbonyl (C=O) groups is 2. The van der Waals surface area contributed by atoms with Gasteiger partial charge in [-0.1, -0.05) is 0 Å². The minimum absolute atomic E-state index is 0.0610. The van der Waals surface area contributed by atoms with Crippen molar-refractivity contribution in [3.8, 4) is 5.75 Å². The summed E-state index contributed by atoms with van der Waals surface area (Å²) < 4.78 is 51.6. The van der Waals surface area contributed by atoms with Crippen LogP contribution in [0.5, 0.6) is 5.75 Å². The molecule has 1 N–H and O–H groups in total. The lowest BCUT2D eigenvalue weighted by Gasteiger charge is -2.18. The summed E-state index contributed by atoms with van der Waals surface area (Å²) in [6.45, 7) is 1.82. The lowest BCUT2D eigenvalue weighted by atomic mass is 10.0. The maximum Gasteiger partial charge on any atom is 0.341 e. The highest BCUT2D eigenvalue weighted by atomic mass is 19.2. The van der Waals surface area contributed by atoms with Crippen LogP contribution < -0.4 is 4.74 Å². The standard InChI is InChI=1S/C23H19F3N2O4/c1-3-32-23(30)16-11-28(22(29)15-6-7-17(24)20(26)19(15)25)9-8-14-13-5-4-12(31-2)10-18(13)27-21(14)16/h4-7,10-11,27H,3,8-9H2,1-2H3. The van der Waals surface area contributed by atoms with Gasteiger partial charge in [0.15, 0.2) is 17.5 Å². The third kappa shape index (κ3) is 3.59. The smallest absolute Gasteiger partial charge is 0.341 e. The number of nitrogens with zero attached hydrogens (tertiary/aromatic N) is 1. The number of nitrogens with one attached hydrogen (secondary N) is 1. The fraction of sp³-hybridized carbons (Fsp3) is 0.217. The summed E-state index contributed by atoms with van der Waals surface area (Å²) in [5.41, 5.74) is 1.39. The van der Waals surface area contributed by atoms with Crippen LogP contribution in [0.15, 0.2) is 36.5 Å². The highest BCUT2D eigenvalue weighted by molar-refractivity contribution is 6.18. The summed E-state index contributed by atoms with van der Waals surface area (Å²) in [4.78, 5) is 30.0. The van der Waals surface area contributed by atoms with Gasteiger partial charge in [0.2, 0.25) is 0 Å². The minimum Gasteiger partial charge on any atom is -0.497 e. The number of hydrogen-bond donors (Lipinski definition) is 1. The predicted octanol–water partition coefficient (Wildman–Crippen LogP) is 4.20. The van der Waals surface area contributed by atoms with E-state index in [-0.39, 0.29) is 18.7 Å². The molecule has 4 rings (SSSR count). The number of benzene rings is 2. The van der Waals surface area contributed by atoms with E-state index in [0.717, 1.165) is 27.4 Å². The lowest BCUT2D eigenvalue weighted by molar-refractivity contribution is -0.136. The molecule has 2 aromatic carbocycles. The van der Waals surface area contributed by atoms with Gasteiger partial charge in [-0.15, -0.1) is 0 Å². The van der Waals surface area contributed by atoms with E-state index < -0.39 is 34.9 Å². The van der Waals surface area contributed by atoms with Gasteiger partial charge in [0.1, 0.15) is 5.75 Å². The van der Waals surface area contributed by atoms with Crippen LogP contribution in [0.25, 0.3) is 16.5 Å². The second kappa shape index (κ2) is 8.41. The van der Waals surface area contributed by atoms with E-state index in [1.54, 1.807) is 26.2 Å². The second-order valence-corrected chi connectivity index (χ2v) is 7.12. The highest BCUT2D eigenvalue weighted by Crippen LogP contribution is 2.33. The molecular weight excluding hydrogens is 425 g/mol. The summed E-state index contributed by atoms with van der Waals surface area (Å²) in [5, 5.41) is 0.823. The van der Waals surface area contributed by atoms with Crippen molar-refractivity contribution in [3.63, 3.8) is 0 Å². The monoisotopic (exact) mass is 444 g/mol.